The van der Waals surface area contributed by atoms with Gasteiger partial charge in [0.1, 0.15) is 9.84 Å². The number of carbonyl (C=O) groups is 2. The first kappa shape index (κ1) is 17.8. The second-order valence-electron chi connectivity index (χ2n) is 4.94. The van der Waals surface area contributed by atoms with Crippen LogP contribution in [-0.4, -0.2) is 51.4 Å². The third kappa shape index (κ3) is 10.5. The number of nitrogens with two attached hydrogens (primary N) is 1. The van der Waals surface area contributed by atoms with E-state index >= 15 is 0 Å². The molecule has 0 saturated carbocycles. The SMILES string of the molecule is CC(C)CNC(=O)CNC(=O)C(N)CCS(C)(=O)=O. The smallest absolute Gasteiger partial charge is 0.239 e. The molecule has 0 aliphatic heterocycles. The van der Waals surface area contributed by atoms with Crippen molar-refractivity contribution in [2.24, 2.45) is 11.7 Å². The fourth-order valence-corrected chi connectivity index (χ4v) is 1.83. The van der Waals surface area contributed by atoms with Gasteiger partial charge in [0.15, 0.2) is 0 Å². The summed E-state index contributed by atoms with van der Waals surface area (Å²) in [5.74, 6) is -0.640. The molecule has 1 atom stereocenters. The highest BCUT2D eigenvalue weighted by Crippen LogP contribution is 1.94. The van der Waals surface area contributed by atoms with Crippen LogP contribution in [-0.2, 0) is 19.4 Å². The van der Waals surface area contributed by atoms with Gasteiger partial charge in [-0.15, -0.1) is 0 Å². The van der Waals surface area contributed by atoms with E-state index in [1.54, 1.807) is 0 Å². The molecule has 7 nitrogen and oxygen atoms in total. The summed E-state index contributed by atoms with van der Waals surface area (Å²) in [6, 6.07) is -0.923. The highest BCUT2D eigenvalue weighted by Gasteiger charge is 2.16. The molecule has 0 aliphatic carbocycles. The van der Waals surface area contributed by atoms with Gasteiger partial charge in [0, 0.05) is 12.8 Å². The first-order valence-corrected chi connectivity index (χ1v) is 8.15. The number of carbonyl (C=O) groups excluding carboxylic acids is 2. The van der Waals surface area contributed by atoms with Crippen LogP contribution in [0.15, 0.2) is 0 Å². The number of hydrogen-bond donors (Lipinski definition) is 3. The van der Waals surface area contributed by atoms with Gasteiger partial charge in [-0.2, -0.15) is 0 Å². The standard InChI is InChI=1S/C11H23N3O4S/c1-8(2)6-13-10(15)7-14-11(16)9(12)4-5-19(3,17)18/h8-9H,4-7,12H2,1-3H3,(H,13,15)(H,14,16). The second kappa shape index (κ2) is 8.11. The summed E-state index contributed by atoms with van der Waals surface area (Å²) >= 11 is 0. The normalized spacial score (nSPS) is 13.1. The molecule has 0 aromatic carbocycles. The molecule has 0 spiro atoms. The molecule has 0 aromatic heterocycles. The van der Waals surface area contributed by atoms with Crippen molar-refractivity contribution in [2.45, 2.75) is 26.3 Å². The van der Waals surface area contributed by atoms with E-state index in [1.165, 1.54) is 0 Å². The Bertz CT molecular complexity index is 406. The fourth-order valence-electron chi connectivity index (χ4n) is 1.15. The van der Waals surface area contributed by atoms with E-state index in [9.17, 15) is 18.0 Å². The molecule has 2 amide bonds. The first-order chi connectivity index (χ1) is 8.61. The quantitative estimate of drug-likeness (QED) is 0.510. The summed E-state index contributed by atoms with van der Waals surface area (Å²) in [5.41, 5.74) is 5.52. The number of nitrogens with one attached hydrogen (secondary N) is 2. The summed E-state index contributed by atoms with van der Waals surface area (Å²) < 4.78 is 21.8. The van der Waals surface area contributed by atoms with Gasteiger partial charge < -0.3 is 16.4 Å². The minimum absolute atomic E-state index is 0.0400. The maximum atomic E-state index is 11.5. The van der Waals surface area contributed by atoms with Crippen molar-refractivity contribution in [1.82, 2.24) is 10.6 Å². The number of sulfone groups is 1. The van der Waals surface area contributed by atoms with Crippen LogP contribution < -0.4 is 16.4 Å². The van der Waals surface area contributed by atoms with Crippen LogP contribution >= 0.6 is 0 Å². The lowest BCUT2D eigenvalue weighted by Gasteiger charge is -2.12. The van der Waals surface area contributed by atoms with Crippen molar-refractivity contribution in [2.75, 3.05) is 25.1 Å². The highest BCUT2D eigenvalue weighted by atomic mass is 32.2. The molecule has 0 saturated heterocycles. The van der Waals surface area contributed by atoms with Crippen molar-refractivity contribution in [3.63, 3.8) is 0 Å². The minimum Gasteiger partial charge on any atom is -0.354 e. The molecule has 0 radical (unpaired) electrons. The Morgan fingerprint density at radius 3 is 2.26 bits per heavy atom. The predicted octanol–water partition coefficient (Wildman–Crippen LogP) is -1.36. The van der Waals surface area contributed by atoms with Crippen LogP contribution in [0.1, 0.15) is 20.3 Å². The van der Waals surface area contributed by atoms with Gasteiger partial charge in [-0.3, -0.25) is 9.59 Å². The van der Waals surface area contributed by atoms with Crippen LogP contribution in [0, 0.1) is 5.92 Å². The zero-order valence-electron chi connectivity index (χ0n) is 11.6. The van der Waals surface area contributed by atoms with Crippen molar-refractivity contribution < 1.29 is 18.0 Å². The van der Waals surface area contributed by atoms with Crippen LogP contribution in [0.5, 0.6) is 0 Å². The fraction of sp³-hybridized carbons (Fsp3) is 0.818. The molecule has 19 heavy (non-hydrogen) atoms. The summed E-state index contributed by atoms with van der Waals surface area (Å²) in [6.07, 6.45) is 1.12. The first-order valence-electron chi connectivity index (χ1n) is 6.09. The molecule has 1 unspecified atom stereocenters. The molecular weight excluding hydrogens is 270 g/mol. The lowest BCUT2D eigenvalue weighted by Crippen LogP contribution is -2.45. The maximum absolute atomic E-state index is 11.5. The monoisotopic (exact) mass is 293 g/mol. The van der Waals surface area contributed by atoms with Gasteiger partial charge >= 0.3 is 0 Å². The van der Waals surface area contributed by atoms with E-state index in [0.717, 1.165) is 6.26 Å². The van der Waals surface area contributed by atoms with Crippen LogP contribution in [0.25, 0.3) is 0 Å². The Kier molecular flexibility index (Phi) is 7.62. The maximum Gasteiger partial charge on any atom is 0.239 e. The van der Waals surface area contributed by atoms with Crippen LogP contribution in [0.3, 0.4) is 0 Å². The Hall–Kier alpha value is -1.15. The molecule has 0 bridgehead atoms. The largest absolute Gasteiger partial charge is 0.354 e. The van der Waals surface area contributed by atoms with Gasteiger partial charge in [0.2, 0.25) is 11.8 Å². The van der Waals surface area contributed by atoms with Gasteiger partial charge in [-0.25, -0.2) is 8.42 Å². The molecule has 112 valence electrons. The van der Waals surface area contributed by atoms with Gasteiger partial charge in [0.05, 0.1) is 18.3 Å². The van der Waals surface area contributed by atoms with E-state index in [4.69, 9.17) is 5.73 Å². The van der Waals surface area contributed by atoms with E-state index in [0.29, 0.717) is 12.5 Å². The minimum atomic E-state index is -3.14. The van der Waals surface area contributed by atoms with Crippen molar-refractivity contribution in [3.05, 3.63) is 0 Å². The second-order valence-corrected chi connectivity index (χ2v) is 7.20. The Morgan fingerprint density at radius 1 is 1.21 bits per heavy atom. The van der Waals surface area contributed by atoms with Crippen molar-refractivity contribution >= 4 is 21.7 Å². The lowest BCUT2D eigenvalue weighted by molar-refractivity contribution is -0.126. The van der Waals surface area contributed by atoms with E-state index in [1.807, 2.05) is 13.8 Å². The molecule has 0 rings (SSSR count). The van der Waals surface area contributed by atoms with E-state index < -0.39 is 21.8 Å². The molecule has 0 fully saturated rings. The third-order valence-corrected chi connectivity index (χ3v) is 3.24. The Morgan fingerprint density at radius 2 is 1.79 bits per heavy atom. The van der Waals surface area contributed by atoms with Gasteiger partial charge in [-0.05, 0) is 12.3 Å². The Labute approximate surface area is 114 Å². The predicted molar refractivity (Wildman–Crippen MR) is 73.2 cm³/mol. The molecule has 0 aliphatic rings. The summed E-state index contributed by atoms with van der Waals surface area (Å²) in [7, 11) is -3.14. The number of hydrogen-bond acceptors (Lipinski definition) is 5. The molecule has 8 heteroatoms. The van der Waals surface area contributed by atoms with E-state index in [-0.39, 0.29) is 24.6 Å². The molecule has 0 heterocycles. The van der Waals surface area contributed by atoms with Crippen LogP contribution in [0.2, 0.25) is 0 Å². The third-order valence-electron chi connectivity index (χ3n) is 2.27. The lowest BCUT2D eigenvalue weighted by atomic mass is 10.2. The zero-order chi connectivity index (χ0) is 15.1. The van der Waals surface area contributed by atoms with Crippen molar-refractivity contribution in [1.29, 1.82) is 0 Å². The number of rotatable bonds is 8. The molecular formula is C11H23N3O4S. The highest BCUT2D eigenvalue weighted by molar-refractivity contribution is 7.90. The zero-order valence-corrected chi connectivity index (χ0v) is 12.4. The van der Waals surface area contributed by atoms with Crippen molar-refractivity contribution in [3.8, 4) is 0 Å². The summed E-state index contributed by atoms with van der Waals surface area (Å²) in [4.78, 5) is 22.8. The molecule has 4 N–H and O–H groups in total. The summed E-state index contributed by atoms with van der Waals surface area (Å²) in [5, 5.41) is 5.01. The summed E-state index contributed by atoms with van der Waals surface area (Å²) in [6.45, 7) is 4.30. The van der Waals surface area contributed by atoms with Gasteiger partial charge in [0.25, 0.3) is 0 Å². The number of amides is 2. The van der Waals surface area contributed by atoms with E-state index in [2.05, 4.69) is 10.6 Å². The topological polar surface area (TPSA) is 118 Å². The average Bonchev–Trinajstić information content (AvgIpc) is 2.29. The Balaban J connectivity index is 3.94. The average molecular weight is 293 g/mol. The van der Waals surface area contributed by atoms with Crippen LogP contribution in [0.4, 0.5) is 0 Å². The van der Waals surface area contributed by atoms with Gasteiger partial charge in [-0.1, -0.05) is 13.8 Å². The molecule has 0 aromatic rings.